The van der Waals surface area contributed by atoms with Crippen LogP contribution >= 0.6 is 0 Å². The molecule has 0 unspecified atom stereocenters. The Hall–Kier alpha value is -1.65. The molecule has 2 aromatic heterocycles. The van der Waals surface area contributed by atoms with Crippen LogP contribution in [0, 0.1) is 0 Å². The van der Waals surface area contributed by atoms with Crippen molar-refractivity contribution in [3.63, 3.8) is 0 Å². The summed E-state index contributed by atoms with van der Waals surface area (Å²) in [4.78, 5) is 3.92. The van der Waals surface area contributed by atoms with E-state index in [9.17, 15) is 0 Å². The Kier molecular flexibility index (Phi) is 1.27. The highest BCUT2D eigenvalue weighted by atomic mass is 16.4. The fraction of sp³-hybridized carbons (Fsp3) is 0.375. The second kappa shape index (κ2) is 2.42. The van der Waals surface area contributed by atoms with E-state index >= 15 is 0 Å². The molecule has 1 saturated carbocycles. The molecule has 0 bridgehead atoms. The lowest BCUT2D eigenvalue weighted by molar-refractivity contribution is 0.506. The van der Waals surface area contributed by atoms with Crippen molar-refractivity contribution in [2.45, 2.75) is 18.8 Å². The third-order valence-electron chi connectivity index (χ3n) is 2.02. The second-order valence-corrected chi connectivity index (χ2v) is 3.09. The van der Waals surface area contributed by atoms with Gasteiger partial charge in [-0.05, 0) is 12.8 Å². The van der Waals surface area contributed by atoms with Crippen LogP contribution in [0.4, 0.5) is 0 Å². The number of oxazole rings is 1. The summed E-state index contributed by atoms with van der Waals surface area (Å²) in [6.07, 6.45) is 5.14. The monoisotopic (exact) mass is 177 g/mol. The molecule has 2 aromatic rings. The van der Waals surface area contributed by atoms with E-state index in [1.165, 1.54) is 12.7 Å². The molecule has 3 rings (SSSR count). The molecule has 0 atom stereocenters. The van der Waals surface area contributed by atoms with Crippen molar-refractivity contribution in [2.24, 2.45) is 0 Å². The number of hydrogen-bond acceptors (Lipinski definition) is 5. The van der Waals surface area contributed by atoms with E-state index in [1.807, 2.05) is 0 Å². The first-order chi connectivity index (χ1) is 6.43. The van der Waals surface area contributed by atoms with Crippen LogP contribution in [0.1, 0.15) is 24.7 Å². The standard InChI is InChI=1S/C8H7N3O2/c1-2-5(1)7-10-11-8(13-7)6-3-12-4-9-6/h3-5H,1-2H2. The van der Waals surface area contributed by atoms with Crippen LogP contribution in [-0.2, 0) is 0 Å². The van der Waals surface area contributed by atoms with E-state index in [-0.39, 0.29) is 0 Å². The number of hydrogen-bond donors (Lipinski definition) is 0. The molecule has 1 aliphatic carbocycles. The SMILES string of the molecule is c1nc(-c2nnc(C3CC3)o2)co1. The summed E-state index contributed by atoms with van der Waals surface area (Å²) in [6.45, 7) is 0. The van der Waals surface area contributed by atoms with Gasteiger partial charge in [-0.25, -0.2) is 4.98 Å². The van der Waals surface area contributed by atoms with Crippen LogP contribution in [0.25, 0.3) is 11.6 Å². The predicted octanol–water partition coefficient (Wildman–Crippen LogP) is 1.60. The molecule has 2 heterocycles. The number of aromatic nitrogens is 3. The van der Waals surface area contributed by atoms with E-state index in [2.05, 4.69) is 15.2 Å². The van der Waals surface area contributed by atoms with Crippen molar-refractivity contribution in [1.29, 1.82) is 0 Å². The molecule has 0 radical (unpaired) electrons. The number of nitrogens with zero attached hydrogens (tertiary/aromatic N) is 3. The van der Waals surface area contributed by atoms with Crippen LogP contribution in [-0.4, -0.2) is 15.2 Å². The molecule has 0 amide bonds. The van der Waals surface area contributed by atoms with Crippen LogP contribution in [0.5, 0.6) is 0 Å². The van der Waals surface area contributed by atoms with Crippen molar-refractivity contribution >= 4 is 0 Å². The fourth-order valence-corrected chi connectivity index (χ4v) is 1.15. The average molecular weight is 177 g/mol. The Bertz CT molecular complexity index is 403. The molecule has 5 heteroatoms. The summed E-state index contributed by atoms with van der Waals surface area (Å²) in [6, 6.07) is 0. The van der Waals surface area contributed by atoms with E-state index in [1.54, 1.807) is 0 Å². The van der Waals surface area contributed by atoms with Crippen molar-refractivity contribution in [3.05, 3.63) is 18.5 Å². The van der Waals surface area contributed by atoms with Gasteiger partial charge in [-0.1, -0.05) is 0 Å². The van der Waals surface area contributed by atoms with Crippen molar-refractivity contribution in [1.82, 2.24) is 15.2 Å². The largest absolute Gasteiger partial charge is 0.451 e. The number of rotatable bonds is 2. The second-order valence-electron chi connectivity index (χ2n) is 3.09. The van der Waals surface area contributed by atoms with Gasteiger partial charge in [0, 0.05) is 5.92 Å². The van der Waals surface area contributed by atoms with Crippen LogP contribution < -0.4 is 0 Å². The molecule has 0 saturated heterocycles. The van der Waals surface area contributed by atoms with Gasteiger partial charge in [0.2, 0.25) is 5.89 Å². The Morgan fingerprint density at radius 1 is 1.31 bits per heavy atom. The Morgan fingerprint density at radius 3 is 2.92 bits per heavy atom. The van der Waals surface area contributed by atoms with Gasteiger partial charge in [-0.2, -0.15) is 0 Å². The summed E-state index contributed by atoms with van der Waals surface area (Å²) in [5.74, 6) is 1.64. The highest BCUT2D eigenvalue weighted by molar-refractivity contribution is 5.42. The Balaban J connectivity index is 1.97. The fourth-order valence-electron chi connectivity index (χ4n) is 1.15. The molecule has 1 aliphatic rings. The van der Waals surface area contributed by atoms with E-state index < -0.39 is 0 Å². The van der Waals surface area contributed by atoms with E-state index in [0.717, 1.165) is 18.7 Å². The third kappa shape index (κ3) is 1.12. The van der Waals surface area contributed by atoms with Gasteiger partial charge in [0.15, 0.2) is 12.1 Å². The minimum atomic E-state index is 0.440. The quantitative estimate of drug-likeness (QED) is 0.697. The van der Waals surface area contributed by atoms with Crippen LogP contribution in [0.15, 0.2) is 21.5 Å². The summed E-state index contributed by atoms with van der Waals surface area (Å²) in [5, 5.41) is 7.82. The molecule has 5 nitrogen and oxygen atoms in total. The van der Waals surface area contributed by atoms with Gasteiger partial charge in [0.25, 0.3) is 5.89 Å². The highest BCUT2D eigenvalue weighted by Gasteiger charge is 2.29. The zero-order valence-electron chi connectivity index (χ0n) is 6.80. The molecule has 13 heavy (non-hydrogen) atoms. The van der Waals surface area contributed by atoms with Gasteiger partial charge < -0.3 is 8.83 Å². The maximum atomic E-state index is 5.41. The minimum absolute atomic E-state index is 0.440. The first kappa shape index (κ1) is 6.82. The lowest BCUT2D eigenvalue weighted by Gasteiger charge is -1.84. The summed E-state index contributed by atoms with van der Waals surface area (Å²) < 4.78 is 10.2. The van der Waals surface area contributed by atoms with Crippen LogP contribution in [0.2, 0.25) is 0 Å². The molecule has 0 N–H and O–H groups in total. The van der Waals surface area contributed by atoms with Crippen molar-refractivity contribution in [3.8, 4) is 11.6 Å². The molecule has 0 aromatic carbocycles. The Labute approximate surface area is 73.8 Å². The first-order valence-corrected chi connectivity index (χ1v) is 4.15. The van der Waals surface area contributed by atoms with Gasteiger partial charge in [0.05, 0.1) is 0 Å². The first-order valence-electron chi connectivity index (χ1n) is 4.15. The molecule has 1 fully saturated rings. The van der Waals surface area contributed by atoms with Crippen molar-refractivity contribution < 1.29 is 8.83 Å². The predicted molar refractivity (Wildman–Crippen MR) is 41.8 cm³/mol. The molecule has 0 spiro atoms. The van der Waals surface area contributed by atoms with E-state index in [0.29, 0.717) is 17.5 Å². The normalized spacial score (nSPS) is 16.3. The zero-order valence-corrected chi connectivity index (χ0v) is 6.80. The van der Waals surface area contributed by atoms with Gasteiger partial charge in [-0.3, -0.25) is 0 Å². The van der Waals surface area contributed by atoms with Gasteiger partial charge in [0.1, 0.15) is 6.26 Å². The molecular weight excluding hydrogens is 170 g/mol. The summed E-state index contributed by atoms with van der Waals surface area (Å²) in [5.41, 5.74) is 0.597. The minimum Gasteiger partial charge on any atom is -0.451 e. The highest BCUT2D eigenvalue weighted by Crippen LogP contribution is 2.39. The van der Waals surface area contributed by atoms with Gasteiger partial charge >= 0.3 is 0 Å². The molecular formula is C8H7N3O2. The zero-order chi connectivity index (χ0) is 8.67. The average Bonchev–Trinajstić information content (AvgIpc) is 2.72. The third-order valence-corrected chi connectivity index (χ3v) is 2.02. The van der Waals surface area contributed by atoms with Crippen LogP contribution in [0.3, 0.4) is 0 Å². The maximum Gasteiger partial charge on any atom is 0.269 e. The topological polar surface area (TPSA) is 65.0 Å². The summed E-state index contributed by atoms with van der Waals surface area (Å²) >= 11 is 0. The Morgan fingerprint density at radius 2 is 2.23 bits per heavy atom. The summed E-state index contributed by atoms with van der Waals surface area (Å²) in [7, 11) is 0. The molecule has 0 aliphatic heterocycles. The molecule has 66 valence electrons. The smallest absolute Gasteiger partial charge is 0.269 e. The maximum absolute atomic E-state index is 5.41. The lowest BCUT2D eigenvalue weighted by atomic mass is 10.4. The van der Waals surface area contributed by atoms with Gasteiger partial charge in [-0.15, -0.1) is 10.2 Å². The van der Waals surface area contributed by atoms with Crippen molar-refractivity contribution in [2.75, 3.05) is 0 Å². The lowest BCUT2D eigenvalue weighted by Crippen LogP contribution is -1.76. The van der Waals surface area contributed by atoms with E-state index in [4.69, 9.17) is 8.83 Å².